The van der Waals surface area contributed by atoms with Gasteiger partial charge in [-0.15, -0.1) is 0 Å². The summed E-state index contributed by atoms with van der Waals surface area (Å²) in [5.74, 6) is 1.75. The van der Waals surface area contributed by atoms with E-state index in [4.69, 9.17) is 9.98 Å². The Morgan fingerprint density at radius 1 is 0.667 bits per heavy atom. The van der Waals surface area contributed by atoms with Crippen LogP contribution in [0.2, 0.25) is 0 Å². The third-order valence-electron chi connectivity index (χ3n) is 7.21. The van der Waals surface area contributed by atoms with Gasteiger partial charge < -0.3 is 0 Å². The average Bonchev–Trinajstić information content (AvgIpc) is 3.32. The Balaban J connectivity index is 1.52. The molecule has 1 heterocycles. The molecule has 39 heavy (non-hydrogen) atoms. The quantitative estimate of drug-likeness (QED) is 0.119. The highest BCUT2D eigenvalue weighted by molar-refractivity contribution is 9.10. The van der Waals surface area contributed by atoms with Crippen LogP contribution >= 0.6 is 15.9 Å². The van der Waals surface area contributed by atoms with Gasteiger partial charge >= 0.3 is 0 Å². The highest BCUT2D eigenvalue weighted by Gasteiger charge is 2.18. The number of halogens is 1. The summed E-state index contributed by atoms with van der Waals surface area (Å²) in [6.45, 7) is 2.04. The fourth-order valence-electron chi connectivity index (χ4n) is 5.48. The summed E-state index contributed by atoms with van der Waals surface area (Å²) in [6, 6.07) is 44.3. The first kappa shape index (κ1) is 23.6. The van der Waals surface area contributed by atoms with Crippen molar-refractivity contribution in [1.29, 1.82) is 0 Å². The van der Waals surface area contributed by atoms with Crippen molar-refractivity contribution < 1.29 is 0 Å². The molecular weight excluding hydrogens is 542 g/mol. The third kappa shape index (κ3) is 4.05. The van der Waals surface area contributed by atoms with Gasteiger partial charge in [0, 0.05) is 10.0 Å². The van der Waals surface area contributed by atoms with Crippen LogP contribution in [0.4, 0.5) is 5.69 Å². The lowest BCUT2D eigenvalue weighted by atomic mass is 9.91. The molecule has 0 bridgehead atoms. The topological polar surface area (TPSA) is 30.2 Å². The van der Waals surface area contributed by atoms with Crippen molar-refractivity contribution in [2.75, 3.05) is 0 Å². The van der Waals surface area contributed by atoms with Gasteiger partial charge in [0.1, 0.15) is 11.7 Å². The van der Waals surface area contributed by atoms with E-state index in [1.807, 2.05) is 43.3 Å². The Hall–Kier alpha value is -4.54. The molecule has 0 aliphatic rings. The van der Waals surface area contributed by atoms with Crippen LogP contribution in [0.3, 0.4) is 0 Å². The molecule has 0 unspecified atom stereocenters. The van der Waals surface area contributed by atoms with Gasteiger partial charge in [-0.3, -0.25) is 4.57 Å². The van der Waals surface area contributed by atoms with Crippen molar-refractivity contribution in [3.8, 4) is 11.1 Å². The van der Waals surface area contributed by atoms with Crippen LogP contribution in [0.1, 0.15) is 11.4 Å². The van der Waals surface area contributed by atoms with Gasteiger partial charge in [0.05, 0.1) is 16.7 Å². The molecule has 0 aliphatic heterocycles. The predicted molar refractivity (Wildman–Crippen MR) is 167 cm³/mol. The molecule has 7 aromatic rings. The Labute approximate surface area is 235 Å². The van der Waals surface area contributed by atoms with Crippen LogP contribution in [0.5, 0.6) is 0 Å². The summed E-state index contributed by atoms with van der Waals surface area (Å²) in [6.07, 6.45) is 0. The molecule has 3 nitrogen and oxygen atoms in total. The summed E-state index contributed by atoms with van der Waals surface area (Å²) >= 11 is 3.89. The minimum Gasteiger partial charge on any atom is -0.280 e. The number of nitrogens with zero attached hydrogens (tertiary/aromatic N) is 3. The molecule has 186 valence electrons. The molecule has 0 saturated carbocycles. The Morgan fingerprint density at radius 2 is 1.28 bits per heavy atom. The van der Waals surface area contributed by atoms with Crippen molar-refractivity contribution in [1.82, 2.24) is 9.55 Å². The zero-order chi connectivity index (χ0) is 26.3. The molecule has 0 amide bonds. The second kappa shape index (κ2) is 9.64. The van der Waals surface area contributed by atoms with Gasteiger partial charge in [-0.05, 0) is 85.9 Å². The lowest BCUT2D eigenvalue weighted by molar-refractivity contribution is 1.05. The van der Waals surface area contributed by atoms with E-state index in [-0.39, 0.29) is 0 Å². The summed E-state index contributed by atoms with van der Waals surface area (Å²) < 4.78 is 3.29. The van der Waals surface area contributed by atoms with Crippen LogP contribution in [0.15, 0.2) is 137 Å². The molecule has 0 spiro atoms. The van der Waals surface area contributed by atoms with E-state index < -0.39 is 0 Å². The SMILES string of the molecule is Cc1nc2ccccc2n1C(=Nc1ccccc1)c1cccc(-c2c3ccccc3c(Br)c3ccccc23)c1. The van der Waals surface area contributed by atoms with Crippen LogP contribution in [-0.4, -0.2) is 15.4 Å². The largest absolute Gasteiger partial charge is 0.280 e. The maximum Gasteiger partial charge on any atom is 0.146 e. The zero-order valence-corrected chi connectivity index (χ0v) is 22.9. The first-order valence-electron chi connectivity index (χ1n) is 13.0. The predicted octanol–water partition coefficient (Wildman–Crippen LogP) is 9.71. The lowest BCUT2D eigenvalue weighted by Crippen LogP contribution is -2.15. The van der Waals surface area contributed by atoms with E-state index in [9.17, 15) is 0 Å². The molecule has 0 atom stereocenters. The van der Waals surface area contributed by atoms with Crippen molar-refractivity contribution in [3.05, 3.63) is 143 Å². The lowest BCUT2D eigenvalue weighted by Gasteiger charge is -2.16. The molecule has 6 aromatic carbocycles. The van der Waals surface area contributed by atoms with Gasteiger partial charge in [0.15, 0.2) is 0 Å². The third-order valence-corrected chi connectivity index (χ3v) is 8.06. The maximum absolute atomic E-state index is 5.19. The van der Waals surface area contributed by atoms with Crippen molar-refractivity contribution >= 4 is 60.0 Å². The number of aromatic nitrogens is 2. The fourth-order valence-corrected chi connectivity index (χ4v) is 6.17. The van der Waals surface area contributed by atoms with Crippen LogP contribution in [0, 0.1) is 6.92 Å². The van der Waals surface area contributed by atoms with Gasteiger partial charge in [-0.2, -0.15) is 0 Å². The van der Waals surface area contributed by atoms with Gasteiger partial charge in [0.25, 0.3) is 0 Å². The normalized spacial score (nSPS) is 12.0. The standard InChI is InChI=1S/C35H24BrN3/c1-23-37-31-20-9-10-21-32(31)39(23)35(38-26-14-3-2-4-15-26)25-13-11-12-24(22-25)33-27-16-5-7-18-29(27)34(36)30-19-8-6-17-28(30)33/h2-22H,1H3. The number of aryl methyl sites for hydroxylation is 1. The second-order valence-electron chi connectivity index (χ2n) is 9.62. The van der Waals surface area contributed by atoms with Crippen molar-refractivity contribution in [3.63, 3.8) is 0 Å². The highest BCUT2D eigenvalue weighted by atomic mass is 79.9. The number of rotatable bonds is 3. The fraction of sp³-hybridized carbons (Fsp3) is 0.0286. The van der Waals surface area contributed by atoms with Crippen LogP contribution in [-0.2, 0) is 0 Å². The van der Waals surface area contributed by atoms with E-state index in [1.54, 1.807) is 0 Å². The molecule has 0 aliphatic carbocycles. The zero-order valence-electron chi connectivity index (χ0n) is 21.3. The number of hydrogen-bond donors (Lipinski definition) is 0. The van der Waals surface area contributed by atoms with Gasteiger partial charge in [-0.25, -0.2) is 9.98 Å². The number of benzene rings is 6. The van der Waals surface area contributed by atoms with E-state index in [0.717, 1.165) is 44.0 Å². The van der Waals surface area contributed by atoms with E-state index in [2.05, 4.69) is 111 Å². The molecule has 0 fully saturated rings. The number of hydrogen-bond acceptors (Lipinski definition) is 2. The summed E-state index contributed by atoms with van der Waals surface area (Å²) in [4.78, 5) is 10.0. The minimum absolute atomic E-state index is 0.847. The van der Waals surface area contributed by atoms with E-state index in [1.165, 1.54) is 27.1 Å². The van der Waals surface area contributed by atoms with E-state index >= 15 is 0 Å². The molecule has 7 rings (SSSR count). The molecular formula is C35H24BrN3. The Kier molecular flexibility index (Phi) is 5.83. The number of aliphatic imine (C=N–C) groups is 1. The smallest absolute Gasteiger partial charge is 0.146 e. The summed E-state index contributed by atoms with van der Waals surface area (Å²) in [7, 11) is 0. The number of imidazole rings is 1. The first-order chi connectivity index (χ1) is 19.2. The summed E-state index contributed by atoms with van der Waals surface area (Å²) in [5.41, 5.74) is 6.28. The molecule has 0 radical (unpaired) electrons. The summed E-state index contributed by atoms with van der Waals surface area (Å²) in [5, 5.41) is 4.83. The molecule has 4 heteroatoms. The number of para-hydroxylation sites is 3. The van der Waals surface area contributed by atoms with Gasteiger partial charge in [-0.1, -0.05) is 97.1 Å². The molecule has 0 saturated heterocycles. The van der Waals surface area contributed by atoms with Crippen LogP contribution in [0.25, 0.3) is 43.7 Å². The first-order valence-corrected chi connectivity index (χ1v) is 13.8. The molecule has 1 aromatic heterocycles. The van der Waals surface area contributed by atoms with Gasteiger partial charge in [0.2, 0.25) is 0 Å². The average molecular weight is 567 g/mol. The number of fused-ring (bicyclic) bond motifs is 3. The highest BCUT2D eigenvalue weighted by Crippen LogP contribution is 2.41. The maximum atomic E-state index is 5.19. The monoisotopic (exact) mass is 565 g/mol. The Morgan fingerprint density at radius 3 is 2.00 bits per heavy atom. The second-order valence-corrected chi connectivity index (χ2v) is 10.4. The van der Waals surface area contributed by atoms with Crippen molar-refractivity contribution in [2.45, 2.75) is 6.92 Å². The van der Waals surface area contributed by atoms with Crippen molar-refractivity contribution in [2.24, 2.45) is 4.99 Å². The Bertz CT molecular complexity index is 1980. The molecule has 0 N–H and O–H groups in total. The van der Waals surface area contributed by atoms with Crippen LogP contribution < -0.4 is 0 Å². The van der Waals surface area contributed by atoms with E-state index in [0.29, 0.717) is 0 Å². The minimum atomic E-state index is 0.847.